The highest BCUT2D eigenvalue weighted by molar-refractivity contribution is 7.12. The second-order valence-corrected chi connectivity index (χ2v) is 4.81. The van der Waals surface area contributed by atoms with E-state index in [1.54, 1.807) is 0 Å². The van der Waals surface area contributed by atoms with Gasteiger partial charge < -0.3 is 9.47 Å². The number of hydrogen-bond donors (Lipinski definition) is 0. The summed E-state index contributed by atoms with van der Waals surface area (Å²) in [4.78, 5) is 12.5. The zero-order chi connectivity index (χ0) is 11.2. The first kappa shape index (κ1) is 11.8. The third-order valence-corrected chi connectivity index (χ3v) is 3.50. The van der Waals surface area contributed by atoms with Gasteiger partial charge in [0.1, 0.15) is 0 Å². The van der Waals surface area contributed by atoms with Crippen LogP contribution in [-0.4, -0.2) is 31.7 Å². The van der Waals surface area contributed by atoms with E-state index in [1.807, 2.05) is 17.5 Å². The molecule has 1 aromatic heterocycles. The molecule has 0 N–H and O–H groups in total. The first-order valence-electron chi connectivity index (χ1n) is 5.62. The van der Waals surface area contributed by atoms with Crippen molar-refractivity contribution in [2.75, 3.05) is 19.8 Å². The summed E-state index contributed by atoms with van der Waals surface area (Å²) in [6.45, 7) is 2.17. The van der Waals surface area contributed by atoms with Gasteiger partial charge >= 0.3 is 0 Å². The number of hydrogen-bond acceptors (Lipinski definition) is 4. The average Bonchev–Trinajstić information content (AvgIpc) is 2.96. The van der Waals surface area contributed by atoms with Crippen molar-refractivity contribution in [1.82, 2.24) is 0 Å². The minimum Gasteiger partial charge on any atom is -0.379 e. The molecule has 1 saturated heterocycles. The number of ketones is 1. The molecule has 1 atom stereocenters. The van der Waals surface area contributed by atoms with E-state index in [-0.39, 0.29) is 11.9 Å². The van der Waals surface area contributed by atoms with Crippen molar-refractivity contribution in [1.29, 1.82) is 0 Å². The number of carbonyl (C=O) groups excluding carboxylic acids is 1. The Labute approximate surface area is 99.4 Å². The summed E-state index contributed by atoms with van der Waals surface area (Å²) in [6.07, 6.45) is 2.61. The Kier molecular flexibility index (Phi) is 4.51. The van der Waals surface area contributed by atoms with E-state index < -0.39 is 0 Å². The molecule has 1 aromatic rings. The zero-order valence-corrected chi connectivity index (χ0v) is 10.0. The second-order valence-electron chi connectivity index (χ2n) is 3.86. The quantitative estimate of drug-likeness (QED) is 0.566. The van der Waals surface area contributed by atoms with E-state index in [2.05, 4.69) is 0 Å². The van der Waals surface area contributed by atoms with Gasteiger partial charge in [0, 0.05) is 19.6 Å². The first-order valence-corrected chi connectivity index (χ1v) is 6.50. The Balaban J connectivity index is 1.59. The van der Waals surface area contributed by atoms with Crippen molar-refractivity contribution in [3.8, 4) is 0 Å². The molecule has 88 valence electrons. The van der Waals surface area contributed by atoms with Crippen LogP contribution in [0.3, 0.4) is 0 Å². The Hall–Kier alpha value is -0.710. The lowest BCUT2D eigenvalue weighted by Crippen LogP contribution is -2.13. The van der Waals surface area contributed by atoms with Crippen LogP contribution in [0.5, 0.6) is 0 Å². The average molecular weight is 240 g/mol. The maximum Gasteiger partial charge on any atom is 0.172 e. The fourth-order valence-electron chi connectivity index (χ4n) is 1.69. The normalized spacial score (nSPS) is 20.1. The smallest absolute Gasteiger partial charge is 0.172 e. The maximum absolute atomic E-state index is 11.6. The molecule has 2 heterocycles. The summed E-state index contributed by atoms with van der Waals surface area (Å²) in [5, 5.41) is 1.93. The lowest BCUT2D eigenvalue weighted by molar-refractivity contribution is 0.0404. The fourth-order valence-corrected chi connectivity index (χ4v) is 2.38. The minimum absolute atomic E-state index is 0.223. The molecule has 0 bridgehead atoms. The third kappa shape index (κ3) is 3.40. The third-order valence-electron chi connectivity index (χ3n) is 2.59. The van der Waals surface area contributed by atoms with E-state index in [0.29, 0.717) is 19.6 Å². The Bertz CT molecular complexity index is 315. The molecule has 1 unspecified atom stereocenters. The Morgan fingerprint density at radius 3 is 3.25 bits per heavy atom. The van der Waals surface area contributed by atoms with Crippen molar-refractivity contribution in [3.63, 3.8) is 0 Å². The van der Waals surface area contributed by atoms with Gasteiger partial charge in [0.15, 0.2) is 5.78 Å². The van der Waals surface area contributed by atoms with Crippen molar-refractivity contribution >= 4 is 17.1 Å². The molecule has 0 amide bonds. The van der Waals surface area contributed by atoms with Gasteiger partial charge in [-0.05, 0) is 24.3 Å². The monoisotopic (exact) mass is 240 g/mol. The highest BCUT2D eigenvalue weighted by Gasteiger charge is 2.15. The van der Waals surface area contributed by atoms with Crippen molar-refractivity contribution in [2.24, 2.45) is 0 Å². The predicted octanol–water partition coefficient (Wildman–Crippen LogP) is 2.52. The minimum atomic E-state index is 0.223. The number of thiophene rings is 1. The van der Waals surface area contributed by atoms with E-state index in [1.165, 1.54) is 11.3 Å². The van der Waals surface area contributed by atoms with Gasteiger partial charge in [0.25, 0.3) is 0 Å². The van der Waals surface area contributed by atoms with Gasteiger partial charge in [-0.25, -0.2) is 0 Å². The number of carbonyl (C=O) groups is 1. The van der Waals surface area contributed by atoms with Crippen LogP contribution < -0.4 is 0 Å². The molecule has 16 heavy (non-hydrogen) atoms. The van der Waals surface area contributed by atoms with Crippen LogP contribution in [0.1, 0.15) is 28.9 Å². The molecule has 0 aromatic carbocycles. The highest BCUT2D eigenvalue weighted by atomic mass is 32.1. The van der Waals surface area contributed by atoms with Gasteiger partial charge in [-0.15, -0.1) is 11.3 Å². The molecule has 1 aliphatic rings. The topological polar surface area (TPSA) is 35.5 Å². The van der Waals surface area contributed by atoms with Gasteiger partial charge in [-0.1, -0.05) is 6.07 Å². The van der Waals surface area contributed by atoms with E-state index in [0.717, 1.165) is 24.3 Å². The fraction of sp³-hybridized carbons (Fsp3) is 0.583. The lowest BCUT2D eigenvalue weighted by Gasteiger charge is -2.08. The summed E-state index contributed by atoms with van der Waals surface area (Å²) in [6, 6.07) is 3.78. The number of ether oxygens (including phenoxy) is 2. The summed E-state index contributed by atoms with van der Waals surface area (Å²) < 4.78 is 10.8. The van der Waals surface area contributed by atoms with E-state index in [4.69, 9.17) is 9.47 Å². The predicted molar refractivity (Wildman–Crippen MR) is 63.1 cm³/mol. The van der Waals surface area contributed by atoms with Crippen LogP contribution in [0.15, 0.2) is 17.5 Å². The summed E-state index contributed by atoms with van der Waals surface area (Å²) in [5.74, 6) is 0.223. The van der Waals surface area contributed by atoms with Crippen molar-refractivity contribution in [3.05, 3.63) is 22.4 Å². The van der Waals surface area contributed by atoms with Crippen LogP contribution in [-0.2, 0) is 9.47 Å². The second kappa shape index (κ2) is 6.13. The van der Waals surface area contributed by atoms with E-state index >= 15 is 0 Å². The van der Waals surface area contributed by atoms with Crippen LogP contribution in [0.2, 0.25) is 0 Å². The van der Waals surface area contributed by atoms with Crippen LogP contribution in [0.4, 0.5) is 0 Å². The SMILES string of the molecule is O=C(CCCOC1CCOC1)c1cccs1. The van der Waals surface area contributed by atoms with Gasteiger partial charge in [-0.3, -0.25) is 4.79 Å². The van der Waals surface area contributed by atoms with Crippen LogP contribution in [0.25, 0.3) is 0 Å². The van der Waals surface area contributed by atoms with Gasteiger partial charge in [0.05, 0.1) is 17.6 Å². The van der Waals surface area contributed by atoms with Crippen LogP contribution >= 0.6 is 11.3 Å². The molecular formula is C12H16O3S. The first-order chi connectivity index (χ1) is 7.86. The Morgan fingerprint density at radius 2 is 2.56 bits per heavy atom. The zero-order valence-electron chi connectivity index (χ0n) is 9.19. The molecular weight excluding hydrogens is 224 g/mol. The molecule has 0 aliphatic carbocycles. The summed E-state index contributed by atoms with van der Waals surface area (Å²) in [5.41, 5.74) is 0. The molecule has 1 fully saturated rings. The van der Waals surface area contributed by atoms with Crippen LogP contribution in [0, 0.1) is 0 Å². The Morgan fingerprint density at radius 1 is 1.62 bits per heavy atom. The molecule has 2 rings (SSSR count). The van der Waals surface area contributed by atoms with E-state index in [9.17, 15) is 4.79 Å². The molecule has 0 spiro atoms. The summed E-state index contributed by atoms with van der Waals surface area (Å²) >= 11 is 1.50. The number of Topliss-reactive ketones (excluding diaryl/α,β-unsaturated/α-hetero) is 1. The standard InChI is InChI=1S/C12H16O3S/c13-11(12-4-2-8-16-12)3-1-6-15-10-5-7-14-9-10/h2,4,8,10H,1,3,5-7,9H2. The van der Waals surface area contributed by atoms with Gasteiger partial charge in [-0.2, -0.15) is 0 Å². The highest BCUT2D eigenvalue weighted by Crippen LogP contribution is 2.13. The number of rotatable bonds is 6. The largest absolute Gasteiger partial charge is 0.379 e. The summed E-state index contributed by atoms with van der Waals surface area (Å²) in [7, 11) is 0. The van der Waals surface area contributed by atoms with Crippen molar-refractivity contribution in [2.45, 2.75) is 25.4 Å². The molecule has 0 saturated carbocycles. The molecule has 1 aliphatic heterocycles. The maximum atomic E-state index is 11.6. The van der Waals surface area contributed by atoms with Crippen molar-refractivity contribution < 1.29 is 14.3 Å². The van der Waals surface area contributed by atoms with Gasteiger partial charge in [0.2, 0.25) is 0 Å². The lowest BCUT2D eigenvalue weighted by atomic mass is 10.2. The molecule has 0 radical (unpaired) electrons. The molecule has 4 heteroatoms. The molecule has 3 nitrogen and oxygen atoms in total.